The minimum absolute atomic E-state index is 0. The van der Waals surface area contributed by atoms with Crippen molar-refractivity contribution in [2.24, 2.45) is 11.1 Å². The number of amides is 1. The first kappa shape index (κ1) is 24.3. The lowest BCUT2D eigenvalue weighted by atomic mass is 9.93. The number of methoxy groups -OCH3 is 2. The maximum atomic E-state index is 12.7. The monoisotopic (exact) mass is 409 g/mol. The fraction of sp³-hybridized carbons (Fsp3) is 0.562. The summed E-state index contributed by atoms with van der Waals surface area (Å²) in [4.78, 5) is 14.3. The Bertz CT molecular complexity index is 738. The van der Waals surface area contributed by atoms with Crippen LogP contribution in [0.25, 0.3) is 0 Å². The highest BCUT2D eigenvalue weighted by Gasteiger charge is 2.24. The summed E-state index contributed by atoms with van der Waals surface area (Å²) in [6.45, 7) is 4.80. The number of carbonyl (C=O) groups excluding carboxylic acids is 1. The summed E-state index contributed by atoms with van der Waals surface area (Å²) in [5, 5.41) is 0. The first-order chi connectivity index (χ1) is 11.4. The maximum Gasteiger partial charge on any atom is 0.253 e. The van der Waals surface area contributed by atoms with E-state index in [4.69, 9.17) is 15.2 Å². The highest BCUT2D eigenvalue weighted by Crippen LogP contribution is 2.37. The van der Waals surface area contributed by atoms with E-state index in [0.717, 1.165) is 6.26 Å². The van der Waals surface area contributed by atoms with Crippen molar-refractivity contribution in [3.05, 3.63) is 17.7 Å². The largest absolute Gasteiger partial charge is 0.493 e. The smallest absolute Gasteiger partial charge is 0.253 e. The zero-order chi connectivity index (χ0) is 19.4. The number of ether oxygens (including phenoxy) is 2. The van der Waals surface area contributed by atoms with Gasteiger partial charge in [0.1, 0.15) is 0 Å². The topological polar surface area (TPSA) is 111 Å². The number of rotatable bonds is 8. The number of hydrogen-bond donors (Lipinski definition) is 2. The van der Waals surface area contributed by atoms with Crippen LogP contribution in [0.3, 0.4) is 0 Å². The highest BCUT2D eigenvalue weighted by molar-refractivity contribution is 7.92. The van der Waals surface area contributed by atoms with Crippen LogP contribution in [0, 0.1) is 5.41 Å². The van der Waals surface area contributed by atoms with E-state index in [-0.39, 0.29) is 46.5 Å². The summed E-state index contributed by atoms with van der Waals surface area (Å²) in [6.07, 6.45) is 1.02. The summed E-state index contributed by atoms with van der Waals surface area (Å²) >= 11 is 0. The van der Waals surface area contributed by atoms with Crippen LogP contribution in [0.2, 0.25) is 0 Å². The van der Waals surface area contributed by atoms with Gasteiger partial charge in [0.2, 0.25) is 10.0 Å². The Morgan fingerprint density at radius 2 is 1.85 bits per heavy atom. The summed E-state index contributed by atoms with van der Waals surface area (Å²) < 4.78 is 36.0. The number of nitrogens with one attached hydrogen (secondary N) is 1. The summed E-state index contributed by atoms with van der Waals surface area (Å²) in [6, 6.07) is 2.94. The normalized spacial score (nSPS) is 11.3. The predicted molar refractivity (Wildman–Crippen MR) is 105 cm³/mol. The molecule has 3 N–H and O–H groups in total. The zero-order valence-corrected chi connectivity index (χ0v) is 17.6. The molecule has 0 aromatic heterocycles. The molecule has 1 aromatic carbocycles. The van der Waals surface area contributed by atoms with Gasteiger partial charge in [-0.3, -0.25) is 9.52 Å². The van der Waals surface area contributed by atoms with Gasteiger partial charge in [-0.15, -0.1) is 12.4 Å². The van der Waals surface area contributed by atoms with Gasteiger partial charge in [-0.1, -0.05) is 13.8 Å². The second-order valence-electron chi connectivity index (χ2n) is 6.66. The molecule has 0 aliphatic rings. The number of halogens is 1. The standard InChI is InChI=1S/C16H27N3O5S.ClH/c1-16(2,9-17)10-19(3)15(20)11-7-12(18-25(6,21)22)14(24-5)13(8-11)23-4;/h7-8,18H,9-10,17H2,1-6H3;1H. The molecule has 10 heteroatoms. The molecular formula is C16H28ClN3O5S. The van der Waals surface area contributed by atoms with Gasteiger partial charge in [0.15, 0.2) is 11.5 Å². The SMILES string of the molecule is COc1cc(C(=O)N(C)CC(C)(C)CN)cc(NS(C)(=O)=O)c1OC.Cl. The van der Waals surface area contributed by atoms with Crippen molar-refractivity contribution in [1.82, 2.24) is 4.90 Å². The molecule has 8 nitrogen and oxygen atoms in total. The Morgan fingerprint density at radius 1 is 1.27 bits per heavy atom. The van der Waals surface area contributed by atoms with Crippen LogP contribution >= 0.6 is 12.4 Å². The average Bonchev–Trinajstić information content (AvgIpc) is 2.51. The third-order valence-corrected chi connectivity index (χ3v) is 4.18. The molecule has 0 aliphatic carbocycles. The fourth-order valence-corrected chi connectivity index (χ4v) is 2.91. The van der Waals surface area contributed by atoms with Crippen LogP contribution < -0.4 is 19.9 Å². The average molecular weight is 410 g/mol. The Labute approximate surface area is 161 Å². The Balaban J connectivity index is 0.00000625. The van der Waals surface area contributed by atoms with Crippen molar-refractivity contribution in [2.75, 3.05) is 45.3 Å². The van der Waals surface area contributed by atoms with E-state index >= 15 is 0 Å². The van der Waals surface area contributed by atoms with E-state index in [1.807, 2.05) is 13.8 Å². The molecule has 26 heavy (non-hydrogen) atoms. The molecule has 0 saturated carbocycles. The molecule has 0 saturated heterocycles. The number of carbonyl (C=O) groups is 1. The molecule has 1 rings (SSSR count). The van der Waals surface area contributed by atoms with Crippen molar-refractivity contribution in [1.29, 1.82) is 0 Å². The highest BCUT2D eigenvalue weighted by atomic mass is 35.5. The van der Waals surface area contributed by atoms with E-state index in [1.165, 1.54) is 26.4 Å². The van der Waals surface area contributed by atoms with Gasteiger partial charge >= 0.3 is 0 Å². The van der Waals surface area contributed by atoms with Gasteiger partial charge in [-0.2, -0.15) is 0 Å². The van der Waals surface area contributed by atoms with Gasteiger partial charge < -0.3 is 20.1 Å². The van der Waals surface area contributed by atoms with E-state index in [1.54, 1.807) is 11.9 Å². The van der Waals surface area contributed by atoms with Crippen molar-refractivity contribution < 1.29 is 22.7 Å². The Kier molecular flexibility index (Phi) is 8.68. The number of anilines is 1. The zero-order valence-electron chi connectivity index (χ0n) is 16.0. The van der Waals surface area contributed by atoms with E-state index < -0.39 is 10.0 Å². The number of hydrogen-bond acceptors (Lipinski definition) is 6. The number of nitrogens with zero attached hydrogens (tertiary/aromatic N) is 1. The fourth-order valence-electron chi connectivity index (χ4n) is 2.36. The molecule has 150 valence electrons. The quantitative estimate of drug-likeness (QED) is 0.673. The van der Waals surface area contributed by atoms with E-state index in [2.05, 4.69) is 4.72 Å². The maximum absolute atomic E-state index is 12.7. The molecule has 0 radical (unpaired) electrons. The summed E-state index contributed by atoms with van der Waals surface area (Å²) in [5.41, 5.74) is 5.89. The first-order valence-corrected chi connectivity index (χ1v) is 9.52. The molecule has 1 aromatic rings. The van der Waals surface area contributed by atoms with Crippen LogP contribution in [0.5, 0.6) is 11.5 Å². The van der Waals surface area contributed by atoms with E-state index in [9.17, 15) is 13.2 Å². The molecule has 0 fully saturated rings. The van der Waals surface area contributed by atoms with Gasteiger partial charge in [-0.25, -0.2) is 8.42 Å². The predicted octanol–water partition coefficient (Wildman–Crippen LogP) is 1.55. The van der Waals surface area contributed by atoms with Crippen molar-refractivity contribution in [3.8, 4) is 11.5 Å². The van der Waals surface area contributed by atoms with Crippen molar-refractivity contribution in [3.63, 3.8) is 0 Å². The molecule has 0 bridgehead atoms. The molecule has 0 aliphatic heterocycles. The first-order valence-electron chi connectivity index (χ1n) is 7.63. The second-order valence-corrected chi connectivity index (χ2v) is 8.41. The second kappa shape index (κ2) is 9.29. The van der Waals surface area contributed by atoms with Gasteiger partial charge in [-0.05, 0) is 24.1 Å². The van der Waals surface area contributed by atoms with Gasteiger partial charge in [0, 0.05) is 19.2 Å². The molecule has 0 atom stereocenters. The molecular weight excluding hydrogens is 382 g/mol. The van der Waals surface area contributed by atoms with Gasteiger partial charge in [0.05, 0.1) is 26.2 Å². The molecule has 1 amide bonds. The van der Waals surface area contributed by atoms with E-state index in [0.29, 0.717) is 13.1 Å². The molecule has 0 spiro atoms. The van der Waals surface area contributed by atoms with Crippen LogP contribution in [0.1, 0.15) is 24.2 Å². The minimum Gasteiger partial charge on any atom is -0.493 e. The lowest BCUT2D eigenvalue weighted by molar-refractivity contribution is 0.0740. The lowest BCUT2D eigenvalue weighted by Gasteiger charge is -2.29. The van der Waals surface area contributed by atoms with Crippen LogP contribution in [0.4, 0.5) is 5.69 Å². The summed E-state index contributed by atoms with van der Waals surface area (Å²) in [7, 11) is 0.915. The van der Waals surface area contributed by atoms with Crippen molar-refractivity contribution in [2.45, 2.75) is 13.8 Å². The number of benzene rings is 1. The minimum atomic E-state index is -3.56. The third-order valence-electron chi connectivity index (χ3n) is 3.59. The Morgan fingerprint density at radius 3 is 2.27 bits per heavy atom. The third kappa shape index (κ3) is 6.54. The summed E-state index contributed by atoms with van der Waals surface area (Å²) in [5.74, 6) is 0.180. The van der Waals surface area contributed by atoms with Crippen LogP contribution in [-0.4, -0.2) is 59.8 Å². The van der Waals surface area contributed by atoms with Crippen LogP contribution in [-0.2, 0) is 10.0 Å². The number of sulfonamides is 1. The lowest BCUT2D eigenvalue weighted by Crippen LogP contribution is -2.39. The van der Waals surface area contributed by atoms with Gasteiger partial charge in [0.25, 0.3) is 5.91 Å². The number of nitrogens with two attached hydrogens (primary N) is 1. The molecule has 0 heterocycles. The van der Waals surface area contributed by atoms with Crippen LogP contribution in [0.15, 0.2) is 12.1 Å². The Hall–Kier alpha value is -1.71. The molecule has 0 unspecified atom stereocenters. The van der Waals surface area contributed by atoms with Crippen molar-refractivity contribution >= 4 is 34.0 Å².